The molecule has 2 rings (SSSR count). The van der Waals surface area contributed by atoms with Crippen LogP contribution in [0.4, 0.5) is 5.69 Å². The maximum Gasteiger partial charge on any atom is 0.0316 e. The van der Waals surface area contributed by atoms with Crippen LogP contribution in [0, 0.1) is 6.92 Å². The summed E-state index contributed by atoms with van der Waals surface area (Å²) in [4.78, 5) is 0. The third-order valence-corrected chi connectivity index (χ3v) is 5.47. The van der Waals surface area contributed by atoms with Gasteiger partial charge in [0.25, 0.3) is 0 Å². The summed E-state index contributed by atoms with van der Waals surface area (Å²) in [7, 11) is 0. The fourth-order valence-corrected chi connectivity index (χ4v) is 3.94. The zero-order chi connectivity index (χ0) is 18.6. The summed E-state index contributed by atoms with van der Waals surface area (Å²) in [6.07, 6.45) is 13.7. The van der Waals surface area contributed by atoms with Gasteiger partial charge in [-0.1, -0.05) is 101 Å². The van der Waals surface area contributed by atoms with Crippen molar-refractivity contribution in [3.63, 3.8) is 0 Å². The van der Waals surface area contributed by atoms with Crippen molar-refractivity contribution < 1.29 is 0 Å². The molecule has 1 heteroatoms. The first-order chi connectivity index (χ1) is 12.7. The lowest BCUT2D eigenvalue weighted by Gasteiger charge is -2.20. The Balaban J connectivity index is 1.86. The molecule has 0 amide bonds. The second-order valence-corrected chi connectivity index (χ2v) is 7.70. The smallest absolute Gasteiger partial charge is 0.0316 e. The zero-order valence-electron chi connectivity index (χ0n) is 16.8. The molecule has 2 aromatic rings. The lowest BCUT2D eigenvalue weighted by atomic mass is 9.84. The average Bonchev–Trinajstić information content (AvgIpc) is 2.65. The topological polar surface area (TPSA) is 26.0 Å². The van der Waals surface area contributed by atoms with Crippen molar-refractivity contribution in [2.24, 2.45) is 0 Å². The maximum atomic E-state index is 5.96. The van der Waals surface area contributed by atoms with E-state index in [2.05, 4.69) is 62.4 Å². The summed E-state index contributed by atoms with van der Waals surface area (Å²) in [5, 5.41) is 0. The number of nitrogens with two attached hydrogens (primary N) is 1. The van der Waals surface area contributed by atoms with Crippen molar-refractivity contribution in [2.45, 2.75) is 84.0 Å². The van der Waals surface area contributed by atoms with Gasteiger partial charge in [-0.15, -0.1) is 0 Å². The number of rotatable bonds is 12. The summed E-state index contributed by atoms with van der Waals surface area (Å²) >= 11 is 0. The molecular weight excluding hydrogens is 314 g/mol. The van der Waals surface area contributed by atoms with E-state index in [0.29, 0.717) is 5.92 Å². The van der Waals surface area contributed by atoms with Crippen molar-refractivity contribution in [3.8, 4) is 0 Å². The number of aryl methyl sites for hydroxylation is 1. The Labute approximate surface area is 161 Å². The third-order valence-electron chi connectivity index (χ3n) is 5.47. The van der Waals surface area contributed by atoms with Gasteiger partial charge in [-0.3, -0.25) is 0 Å². The van der Waals surface area contributed by atoms with Crippen LogP contribution in [0.1, 0.15) is 93.7 Å². The van der Waals surface area contributed by atoms with Crippen LogP contribution in [0.5, 0.6) is 0 Å². The summed E-state index contributed by atoms with van der Waals surface area (Å²) in [6.45, 7) is 4.48. The molecule has 0 saturated carbocycles. The lowest BCUT2D eigenvalue weighted by molar-refractivity contribution is 0.545. The minimum atomic E-state index is 0.487. The number of benzene rings is 2. The van der Waals surface area contributed by atoms with Gasteiger partial charge in [0.1, 0.15) is 0 Å². The second-order valence-electron chi connectivity index (χ2n) is 7.70. The Hall–Kier alpha value is -1.76. The molecule has 26 heavy (non-hydrogen) atoms. The quantitative estimate of drug-likeness (QED) is 0.309. The molecule has 0 saturated heterocycles. The van der Waals surface area contributed by atoms with E-state index >= 15 is 0 Å². The van der Waals surface area contributed by atoms with Crippen LogP contribution in [-0.4, -0.2) is 0 Å². The van der Waals surface area contributed by atoms with Crippen LogP contribution in [0.3, 0.4) is 0 Å². The Morgan fingerprint density at radius 1 is 0.769 bits per heavy atom. The van der Waals surface area contributed by atoms with E-state index in [9.17, 15) is 0 Å². The number of unbranched alkanes of at least 4 members (excludes halogenated alkanes) is 8. The molecule has 0 heterocycles. The SMILES string of the molecule is CCCCCCCCCCCC(c1ccccc1)c1ccc(N)cc1C. The van der Waals surface area contributed by atoms with Gasteiger partial charge in [-0.05, 0) is 42.2 Å². The normalized spacial score (nSPS) is 12.2. The van der Waals surface area contributed by atoms with E-state index in [1.807, 2.05) is 0 Å². The molecule has 1 nitrogen and oxygen atoms in total. The highest BCUT2D eigenvalue weighted by Crippen LogP contribution is 2.33. The van der Waals surface area contributed by atoms with Gasteiger partial charge in [-0.2, -0.15) is 0 Å². The molecule has 0 spiro atoms. The monoisotopic (exact) mass is 351 g/mol. The molecule has 0 radical (unpaired) electrons. The lowest BCUT2D eigenvalue weighted by Crippen LogP contribution is -2.04. The molecule has 2 N–H and O–H groups in total. The largest absolute Gasteiger partial charge is 0.399 e. The Kier molecular flexibility index (Phi) is 9.31. The summed E-state index contributed by atoms with van der Waals surface area (Å²) < 4.78 is 0. The van der Waals surface area contributed by atoms with Gasteiger partial charge >= 0.3 is 0 Å². The number of anilines is 1. The van der Waals surface area contributed by atoms with Crippen LogP contribution >= 0.6 is 0 Å². The summed E-state index contributed by atoms with van der Waals surface area (Å²) in [5.41, 5.74) is 11.0. The molecule has 0 aliphatic rings. The van der Waals surface area contributed by atoms with Crippen molar-refractivity contribution in [1.82, 2.24) is 0 Å². The Morgan fingerprint density at radius 2 is 1.38 bits per heavy atom. The van der Waals surface area contributed by atoms with E-state index in [-0.39, 0.29) is 0 Å². The molecular formula is C25H37N. The third kappa shape index (κ3) is 6.86. The van der Waals surface area contributed by atoms with Crippen molar-refractivity contribution in [3.05, 3.63) is 65.2 Å². The van der Waals surface area contributed by atoms with Crippen LogP contribution < -0.4 is 5.73 Å². The number of hydrogen-bond donors (Lipinski definition) is 1. The van der Waals surface area contributed by atoms with E-state index < -0.39 is 0 Å². The molecule has 0 fully saturated rings. The van der Waals surface area contributed by atoms with E-state index in [0.717, 1.165) is 5.69 Å². The van der Waals surface area contributed by atoms with Crippen LogP contribution in [0.2, 0.25) is 0 Å². The first-order valence-electron chi connectivity index (χ1n) is 10.6. The van der Waals surface area contributed by atoms with Gasteiger partial charge in [0.15, 0.2) is 0 Å². The van der Waals surface area contributed by atoms with Gasteiger partial charge in [0.2, 0.25) is 0 Å². The standard InChI is InChI=1S/C25H37N/c1-3-4-5-6-7-8-9-10-14-17-25(22-15-12-11-13-16-22)24-19-18-23(26)20-21(24)2/h11-13,15-16,18-20,25H,3-10,14,17,26H2,1-2H3. The van der Waals surface area contributed by atoms with Crippen LogP contribution in [-0.2, 0) is 0 Å². The number of hydrogen-bond acceptors (Lipinski definition) is 1. The van der Waals surface area contributed by atoms with Crippen LogP contribution in [0.25, 0.3) is 0 Å². The average molecular weight is 352 g/mol. The van der Waals surface area contributed by atoms with E-state index in [1.54, 1.807) is 0 Å². The molecule has 1 atom stereocenters. The van der Waals surface area contributed by atoms with Crippen molar-refractivity contribution in [1.29, 1.82) is 0 Å². The molecule has 1 unspecified atom stereocenters. The Morgan fingerprint density at radius 3 is 2.00 bits per heavy atom. The van der Waals surface area contributed by atoms with E-state index in [4.69, 9.17) is 5.73 Å². The molecule has 0 aliphatic carbocycles. The molecule has 0 bridgehead atoms. The molecule has 2 aromatic carbocycles. The highest BCUT2D eigenvalue weighted by atomic mass is 14.5. The van der Waals surface area contributed by atoms with Gasteiger partial charge in [-0.25, -0.2) is 0 Å². The first-order valence-corrected chi connectivity index (χ1v) is 10.6. The van der Waals surface area contributed by atoms with Crippen molar-refractivity contribution in [2.75, 3.05) is 5.73 Å². The molecule has 0 aliphatic heterocycles. The van der Waals surface area contributed by atoms with Gasteiger partial charge < -0.3 is 5.73 Å². The second kappa shape index (κ2) is 11.8. The van der Waals surface area contributed by atoms with E-state index in [1.165, 1.54) is 80.9 Å². The predicted molar refractivity (Wildman–Crippen MR) is 116 cm³/mol. The number of nitrogen functional groups attached to an aromatic ring is 1. The van der Waals surface area contributed by atoms with Gasteiger partial charge in [0, 0.05) is 11.6 Å². The minimum absolute atomic E-state index is 0.487. The highest BCUT2D eigenvalue weighted by Gasteiger charge is 2.15. The molecule has 0 aromatic heterocycles. The fourth-order valence-electron chi connectivity index (χ4n) is 3.94. The van der Waals surface area contributed by atoms with Crippen molar-refractivity contribution >= 4 is 5.69 Å². The zero-order valence-corrected chi connectivity index (χ0v) is 16.8. The van der Waals surface area contributed by atoms with Crippen LogP contribution in [0.15, 0.2) is 48.5 Å². The van der Waals surface area contributed by atoms with Gasteiger partial charge in [0.05, 0.1) is 0 Å². The Bertz CT molecular complexity index is 617. The summed E-state index contributed by atoms with van der Waals surface area (Å²) in [6, 6.07) is 17.4. The maximum absolute atomic E-state index is 5.96. The predicted octanol–water partition coefficient (Wildman–Crippen LogP) is 7.63. The summed E-state index contributed by atoms with van der Waals surface area (Å²) in [5.74, 6) is 0.487. The molecule has 142 valence electrons. The first kappa shape index (κ1) is 20.6. The minimum Gasteiger partial charge on any atom is -0.399 e. The fraction of sp³-hybridized carbons (Fsp3) is 0.520. The highest BCUT2D eigenvalue weighted by molar-refractivity contribution is 5.47.